The average Bonchev–Trinajstić information content (AvgIpc) is 3.05. The molecule has 0 aliphatic carbocycles. The van der Waals surface area contributed by atoms with Gasteiger partial charge in [0.05, 0.1) is 21.1 Å². The zero-order chi connectivity index (χ0) is 33.3. The number of rotatable bonds is 14. The molecule has 0 fully saturated rings. The highest BCUT2D eigenvalue weighted by molar-refractivity contribution is 7.99. The van der Waals surface area contributed by atoms with Crippen molar-refractivity contribution in [3.8, 4) is 11.3 Å². The first-order valence-corrected chi connectivity index (χ1v) is 16.4. The van der Waals surface area contributed by atoms with E-state index in [1.54, 1.807) is 0 Å². The number of nitrogens with two attached hydrogens (primary N) is 1. The van der Waals surface area contributed by atoms with Crippen LogP contribution in [0.15, 0.2) is 107 Å². The van der Waals surface area contributed by atoms with Crippen molar-refractivity contribution in [3.63, 3.8) is 0 Å². The molecule has 4 aromatic rings. The maximum Gasteiger partial charge on any atom is 0.417 e. The van der Waals surface area contributed by atoms with E-state index in [2.05, 4.69) is 10.4 Å². The number of hydrogen-bond acceptors (Lipinski definition) is 9. The Morgan fingerprint density at radius 1 is 1.00 bits per heavy atom. The summed E-state index contributed by atoms with van der Waals surface area (Å²) in [6.45, 7) is 0.424. The van der Waals surface area contributed by atoms with E-state index in [9.17, 15) is 36.5 Å². The second-order valence-electron chi connectivity index (χ2n) is 10.1. The predicted octanol–water partition coefficient (Wildman–Crippen LogP) is 6.30. The number of nitrogens with zero attached hydrogens (tertiary/aromatic N) is 3. The van der Waals surface area contributed by atoms with E-state index in [1.165, 1.54) is 48.2 Å². The van der Waals surface area contributed by atoms with E-state index >= 15 is 0 Å². The fourth-order valence-electron chi connectivity index (χ4n) is 4.33. The normalized spacial score (nSPS) is 12.4. The highest BCUT2D eigenvalue weighted by atomic mass is 32.2. The van der Waals surface area contributed by atoms with Crippen LogP contribution in [-0.2, 0) is 16.2 Å². The lowest BCUT2D eigenvalue weighted by Crippen LogP contribution is -2.52. The minimum Gasteiger partial charge on any atom is -0.330 e. The lowest BCUT2D eigenvalue weighted by Gasteiger charge is -2.28. The molecule has 3 N–H and O–H groups in total. The summed E-state index contributed by atoms with van der Waals surface area (Å²) in [5.74, 6) is -0.589. The lowest BCUT2D eigenvalue weighted by molar-refractivity contribution is -0.385. The van der Waals surface area contributed by atoms with E-state index in [1.807, 2.05) is 30.3 Å². The van der Waals surface area contributed by atoms with Crippen LogP contribution >= 0.6 is 11.8 Å². The molecule has 1 heterocycles. The van der Waals surface area contributed by atoms with Gasteiger partial charge in [-0.2, -0.15) is 26.0 Å². The number of non-ortho nitro benzene ring substituents is 1. The largest absolute Gasteiger partial charge is 0.417 e. The van der Waals surface area contributed by atoms with Crippen molar-refractivity contribution in [2.45, 2.75) is 41.3 Å². The minimum atomic E-state index is -4.68. The van der Waals surface area contributed by atoms with Gasteiger partial charge in [-0.3, -0.25) is 19.9 Å². The van der Waals surface area contributed by atoms with Crippen LogP contribution in [0.25, 0.3) is 11.3 Å². The molecule has 0 spiro atoms. The zero-order valence-corrected chi connectivity index (χ0v) is 25.9. The molecule has 10 nitrogen and oxygen atoms in total. The van der Waals surface area contributed by atoms with Crippen LogP contribution in [0, 0.1) is 10.1 Å². The summed E-state index contributed by atoms with van der Waals surface area (Å²) in [4.78, 5) is 28.9. The van der Waals surface area contributed by atoms with Crippen LogP contribution in [-0.4, -0.2) is 47.0 Å². The van der Waals surface area contributed by atoms with E-state index in [0.717, 1.165) is 29.2 Å². The standard InChI is InChI=1S/C31H30F3N5O5S2/c32-31(33,34)24-16-17-29(36-20-24)22-12-14-23(15-13-22)30(40)38(46(43,44)28-11-6-8-26(19-28)39(41)42)37-25(7-4-5-18-35)21-45-27-9-2-1-3-10-27/h1-3,6,8-17,19-20,25,37H,4-5,7,18,21,35H2/t25-/m1/s1. The maximum atomic E-state index is 14.0. The molecule has 0 unspecified atom stereocenters. The zero-order valence-electron chi connectivity index (χ0n) is 24.3. The molecule has 1 aromatic heterocycles. The van der Waals surface area contributed by atoms with Gasteiger partial charge in [0, 0.05) is 46.1 Å². The number of hydrogen-bond donors (Lipinski definition) is 2. The van der Waals surface area contributed by atoms with E-state index < -0.39 is 49.2 Å². The quantitative estimate of drug-likeness (QED) is 0.0681. The Kier molecular flexibility index (Phi) is 11.5. The maximum absolute atomic E-state index is 14.0. The topological polar surface area (TPSA) is 149 Å². The number of halogens is 3. The lowest BCUT2D eigenvalue weighted by atomic mass is 10.1. The molecule has 0 saturated carbocycles. The Labute approximate surface area is 268 Å². The summed E-state index contributed by atoms with van der Waals surface area (Å²) in [6.07, 6.45) is -2.09. The number of amides is 1. The smallest absolute Gasteiger partial charge is 0.330 e. The Morgan fingerprint density at radius 2 is 1.72 bits per heavy atom. The number of hydrazine groups is 1. The summed E-state index contributed by atoms with van der Waals surface area (Å²) in [5.41, 5.74) is 7.71. The first-order valence-electron chi connectivity index (χ1n) is 14.0. The molecule has 4 rings (SSSR count). The number of carbonyl (C=O) groups excluding carboxylic acids is 1. The minimum absolute atomic E-state index is 0.0615. The molecule has 1 atom stereocenters. The molecule has 242 valence electrons. The number of thioether (sulfide) groups is 1. The molecular weight excluding hydrogens is 643 g/mol. The van der Waals surface area contributed by atoms with Crippen molar-refractivity contribution in [1.82, 2.24) is 14.8 Å². The van der Waals surface area contributed by atoms with Gasteiger partial charge in [-0.25, -0.2) is 5.43 Å². The number of nitrogens with one attached hydrogen (secondary N) is 1. The molecule has 1 amide bonds. The molecular formula is C31H30F3N5O5S2. The molecule has 15 heteroatoms. The average molecular weight is 674 g/mol. The van der Waals surface area contributed by atoms with Crippen LogP contribution in [0.3, 0.4) is 0 Å². The van der Waals surface area contributed by atoms with Crippen molar-refractivity contribution >= 4 is 33.4 Å². The molecule has 0 aliphatic heterocycles. The van der Waals surface area contributed by atoms with Crippen molar-refractivity contribution in [2.75, 3.05) is 12.3 Å². The number of nitro benzene ring substituents is 1. The van der Waals surface area contributed by atoms with Gasteiger partial charge in [-0.05, 0) is 61.9 Å². The molecule has 3 aromatic carbocycles. The summed E-state index contributed by atoms with van der Waals surface area (Å²) < 4.78 is 67.3. The number of aromatic nitrogens is 1. The molecule has 0 saturated heterocycles. The van der Waals surface area contributed by atoms with Crippen molar-refractivity contribution in [1.29, 1.82) is 0 Å². The SMILES string of the molecule is NCCCC[C@H](CSc1ccccc1)NN(C(=O)c1ccc(-c2ccc(C(F)(F)F)cn2)cc1)S(=O)(=O)c1cccc([N+](=O)[O-])c1. The number of pyridine rings is 1. The van der Waals surface area contributed by atoms with Crippen LogP contribution in [0.4, 0.5) is 18.9 Å². The highest BCUT2D eigenvalue weighted by Gasteiger charge is 2.34. The van der Waals surface area contributed by atoms with Gasteiger partial charge in [0.15, 0.2) is 0 Å². The van der Waals surface area contributed by atoms with Crippen LogP contribution in [0.2, 0.25) is 0 Å². The molecule has 46 heavy (non-hydrogen) atoms. The van der Waals surface area contributed by atoms with Gasteiger partial charge in [0.2, 0.25) is 0 Å². The number of nitro groups is 1. The monoisotopic (exact) mass is 673 g/mol. The second kappa shape index (κ2) is 15.3. The molecule has 0 aliphatic rings. The van der Waals surface area contributed by atoms with Crippen molar-refractivity contribution in [3.05, 3.63) is 118 Å². The second-order valence-corrected chi connectivity index (χ2v) is 13.0. The number of carbonyl (C=O) groups is 1. The third kappa shape index (κ3) is 8.90. The number of alkyl halides is 3. The Morgan fingerprint density at radius 3 is 2.33 bits per heavy atom. The van der Waals surface area contributed by atoms with E-state index in [0.29, 0.717) is 47.7 Å². The fraction of sp³-hybridized carbons (Fsp3) is 0.226. The van der Waals surface area contributed by atoms with Gasteiger partial charge in [-0.1, -0.05) is 42.8 Å². The van der Waals surface area contributed by atoms with Gasteiger partial charge in [0.1, 0.15) is 0 Å². The summed E-state index contributed by atoms with van der Waals surface area (Å²) in [6, 6.07) is 20.9. The third-order valence-corrected chi connectivity index (χ3v) is 9.55. The van der Waals surface area contributed by atoms with E-state index in [4.69, 9.17) is 5.73 Å². The Bertz CT molecular complexity index is 1740. The van der Waals surface area contributed by atoms with Gasteiger partial charge < -0.3 is 5.73 Å². The van der Waals surface area contributed by atoms with Gasteiger partial charge in [0.25, 0.3) is 21.6 Å². The number of unbranched alkanes of at least 4 members (excludes halogenated alkanes) is 1. The summed E-state index contributed by atoms with van der Waals surface area (Å²) in [7, 11) is -4.68. The number of benzene rings is 3. The Hall–Kier alpha value is -4.31. The van der Waals surface area contributed by atoms with Gasteiger partial charge >= 0.3 is 6.18 Å². The third-order valence-electron chi connectivity index (χ3n) is 6.77. The summed E-state index contributed by atoms with van der Waals surface area (Å²) in [5, 5.41) is 11.4. The van der Waals surface area contributed by atoms with Gasteiger partial charge in [-0.15, -0.1) is 11.8 Å². The Balaban J connectivity index is 1.68. The van der Waals surface area contributed by atoms with Crippen molar-refractivity contribution < 1.29 is 31.3 Å². The van der Waals surface area contributed by atoms with Crippen molar-refractivity contribution in [2.24, 2.45) is 5.73 Å². The first-order chi connectivity index (χ1) is 21.9. The van der Waals surface area contributed by atoms with Crippen LogP contribution in [0.5, 0.6) is 0 Å². The fourth-order valence-corrected chi connectivity index (χ4v) is 6.66. The molecule has 0 radical (unpaired) electrons. The molecule has 0 bridgehead atoms. The van der Waals surface area contributed by atoms with Crippen LogP contribution < -0.4 is 11.2 Å². The van der Waals surface area contributed by atoms with E-state index in [-0.39, 0.29) is 11.3 Å². The number of sulfonamides is 1. The highest BCUT2D eigenvalue weighted by Crippen LogP contribution is 2.30. The predicted molar refractivity (Wildman–Crippen MR) is 168 cm³/mol. The van der Waals surface area contributed by atoms with Crippen LogP contribution in [0.1, 0.15) is 35.2 Å². The first kappa shape index (κ1) is 34.6. The summed E-state index contributed by atoms with van der Waals surface area (Å²) >= 11 is 1.46.